The Kier molecular flexibility index (Phi) is 4.05. The molecule has 1 N–H and O–H groups in total. The average molecular weight is 310 g/mol. The van der Waals surface area contributed by atoms with Crippen LogP contribution in [-0.2, 0) is 14.3 Å². The van der Waals surface area contributed by atoms with Crippen LogP contribution >= 0.6 is 0 Å². The topological polar surface area (TPSA) is 55.8 Å². The monoisotopic (exact) mass is 310 g/mol. The summed E-state index contributed by atoms with van der Waals surface area (Å²) >= 11 is 0. The van der Waals surface area contributed by atoms with Gasteiger partial charge in [0.25, 0.3) is 0 Å². The maximum absolute atomic E-state index is 12.6. The fraction of sp³-hybridized carbons (Fsp3) is 0.944. The molecule has 0 heterocycles. The second-order valence-corrected chi connectivity index (χ2v) is 8.53. The summed E-state index contributed by atoms with van der Waals surface area (Å²) in [6.07, 6.45) is 7.00. The molecule has 2 atom stereocenters. The second-order valence-electron chi connectivity index (χ2n) is 8.53. The van der Waals surface area contributed by atoms with Crippen LogP contribution in [0.4, 0.5) is 0 Å². The van der Waals surface area contributed by atoms with Gasteiger partial charge in [0.2, 0.25) is 0 Å². The van der Waals surface area contributed by atoms with Crippen LogP contribution in [0.5, 0.6) is 0 Å². The molecular formula is C18H30O4. The molecule has 0 amide bonds. The van der Waals surface area contributed by atoms with Gasteiger partial charge in [-0.15, -0.1) is 0 Å². The van der Waals surface area contributed by atoms with E-state index in [0.717, 1.165) is 38.5 Å². The van der Waals surface area contributed by atoms with Crippen molar-refractivity contribution in [2.75, 3.05) is 13.2 Å². The van der Waals surface area contributed by atoms with Gasteiger partial charge in [-0.25, -0.2) is 0 Å². The largest absolute Gasteiger partial charge is 0.459 e. The van der Waals surface area contributed by atoms with Gasteiger partial charge in [-0.3, -0.25) is 4.79 Å². The van der Waals surface area contributed by atoms with Gasteiger partial charge in [0.1, 0.15) is 5.60 Å². The molecule has 0 saturated heterocycles. The number of carbonyl (C=O) groups excluding carboxylic acids is 1. The van der Waals surface area contributed by atoms with Crippen molar-refractivity contribution < 1.29 is 19.4 Å². The van der Waals surface area contributed by atoms with Crippen molar-refractivity contribution in [2.45, 2.75) is 76.9 Å². The Balaban J connectivity index is 1.77. The maximum Gasteiger partial charge on any atom is 0.312 e. The van der Waals surface area contributed by atoms with E-state index in [-0.39, 0.29) is 23.8 Å². The summed E-state index contributed by atoms with van der Waals surface area (Å²) in [6.45, 7) is 6.42. The first kappa shape index (κ1) is 16.3. The zero-order valence-electron chi connectivity index (χ0n) is 14.2. The molecule has 0 aromatic rings. The second kappa shape index (κ2) is 5.48. The molecule has 4 bridgehead atoms. The van der Waals surface area contributed by atoms with Gasteiger partial charge in [0, 0.05) is 6.42 Å². The summed E-state index contributed by atoms with van der Waals surface area (Å²) in [4.78, 5) is 12.6. The van der Waals surface area contributed by atoms with Gasteiger partial charge in [-0.2, -0.15) is 0 Å². The van der Waals surface area contributed by atoms with E-state index in [9.17, 15) is 4.79 Å². The summed E-state index contributed by atoms with van der Waals surface area (Å²) < 4.78 is 12.2. The lowest BCUT2D eigenvalue weighted by Gasteiger charge is -2.61. The average Bonchev–Trinajstić information content (AvgIpc) is 2.43. The summed E-state index contributed by atoms with van der Waals surface area (Å²) in [6, 6.07) is 0. The zero-order valence-corrected chi connectivity index (χ0v) is 14.2. The standard InChI is InChI=1S/C18H30O4/c1-4-16(2,3)15(20)22-18-10-13-7-14(11-18)9-17(8-13,12-18)21-6-5-19/h13-14,19H,4-12H2,1-3H3. The number of hydrogen-bond acceptors (Lipinski definition) is 4. The molecule has 0 aromatic heterocycles. The minimum absolute atomic E-state index is 0.0609. The molecule has 4 saturated carbocycles. The summed E-state index contributed by atoms with van der Waals surface area (Å²) in [5.41, 5.74) is -0.894. The van der Waals surface area contributed by atoms with Crippen LogP contribution in [0.1, 0.15) is 65.7 Å². The molecule has 4 aliphatic carbocycles. The number of ether oxygens (including phenoxy) is 2. The molecule has 126 valence electrons. The smallest absolute Gasteiger partial charge is 0.312 e. The van der Waals surface area contributed by atoms with Crippen molar-refractivity contribution in [2.24, 2.45) is 17.3 Å². The Morgan fingerprint density at radius 1 is 1.18 bits per heavy atom. The molecule has 22 heavy (non-hydrogen) atoms. The quantitative estimate of drug-likeness (QED) is 0.766. The predicted octanol–water partition coefficient (Wildman–Crippen LogP) is 3.07. The number of carbonyl (C=O) groups is 1. The Hall–Kier alpha value is -0.610. The fourth-order valence-electron chi connectivity index (χ4n) is 5.13. The molecule has 4 aliphatic rings. The van der Waals surface area contributed by atoms with E-state index in [1.807, 2.05) is 20.8 Å². The van der Waals surface area contributed by atoms with Crippen molar-refractivity contribution in [3.63, 3.8) is 0 Å². The minimum Gasteiger partial charge on any atom is -0.459 e. The van der Waals surface area contributed by atoms with Gasteiger partial charge in [-0.05, 0) is 64.2 Å². The lowest BCUT2D eigenvalue weighted by Crippen LogP contribution is -2.62. The highest BCUT2D eigenvalue weighted by Gasteiger charge is 2.60. The van der Waals surface area contributed by atoms with Crippen LogP contribution in [0, 0.1) is 17.3 Å². The first-order valence-electron chi connectivity index (χ1n) is 8.80. The number of aliphatic hydroxyl groups is 1. The normalized spacial score (nSPS) is 40.0. The van der Waals surface area contributed by atoms with Crippen LogP contribution in [0.15, 0.2) is 0 Å². The van der Waals surface area contributed by atoms with E-state index in [4.69, 9.17) is 14.6 Å². The first-order valence-corrected chi connectivity index (χ1v) is 8.80. The Labute approximate surface area is 133 Å². The van der Waals surface area contributed by atoms with Crippen molar-refractivity contribution in [1.29, 1.82) is 0 Å². The highest BCUT2D eigenvalue weighted by atomic mass is 16.6. The lowest BCUT2D eigenvalue weighted by atomic mass is 9.52. The molecular weight excluding hydrogens is 280 g/mol. The molecule has 0 radical (unpaired) electrons. The van der Waals surface area contributed by atoms with E-state index >= 15 is 0 Å². The third-order valence-corrected chi connectivity index (χ3v) is 6.20. The van der Waals surface area contributed by atoms with Crippen LogP contribution in [-0.4, -0.2) is 35.5 Å². The predicted molar refractivity (Wildman–Crippen MR) is 83.3 cm³/mol. The third kappa shape index (κ3) is 2.80. The lowest BCUT2D eigenvalue weighted by molar-refractivity contribution is -0.239. The van der Waals surface area contributed by atoms with E-state index in [0.29, 0.717) is 18.4 Å². The Bertz CT molecular complexity index is 428. The summed E-state index contributed by atoms with van der Waals surface area (Å²) in [5, 5.41) is 9.11. The highest BCUT2D eigenvalue weighted by Crippen LogP contribution is 2.60. The molecule has 4 nitrogen and oxygen atoms in total. The van der Waals surface area contributed by atoms with Crippen molar-refractivity contribution in [1.82, 2.24) is 0 Å². The van der Waals surface area contributed by atoms with Crippen LogP contribution in [0.2, 0.25) is 0 Å². The molecule has 2 unspecified atom stereocenters. The van der Waals surface area contributed by atoms with Crippen molar-refractivity contribution in [3.8, 4) is 0 Å². The number of hydrogen-bond donors (Lipinski definition) is 1. The van der Waals surface area contributed by atoms with Crippen LogP contribution in [0.3, 0.4) is 0 Å². The van der Waals surface area contributed by atoms with E-state index in [1.165, 1.54) is 6.42 Å². The Morgan fingerprint density at radius 2 is 1.77 bits per heavy atom. The van der Waals surface area contributed by atoms with Crippen LogP contribution < -0.4 is 0 Å². The van der Waals surface area contributed by atoms with Crippen LogP contribution in [0.25, 0.3) is 0 Å². The van der Waals surface area contributed by atoms with E-state index < -0.39 is 5.41 Å². The SMILES string of the molecule is CCC(C)(C)C(=O)OC12CC3CC(CC(OCCO)(C3)C1)C2. The van der Waals surface area contributed by atoms with Gasteiger partial charge < -0.3 is 14.6 Å². The molecule has 0 aromatic carbocycles. The zero-order chi connectivity index (χ0) is 16.0. The number of aliphatic hydroxyl groups excluding tert-OH is 1. The highest BCUT2D eigenvalue weighted by molar-refractivity contribution is 5.76. The van der Waals surface area contributed by atoms with Gasteiger partial charge >= 0.3 is 5.97 Å². The number of esters is 1. The number of rotatable bonds is 6. The minimum atomic E-state index is -0.414. The van der Waals surface area contributed by atoms with Crippen molar-refractivity contribution >= 4 is 5.97 Å². The van der Waals surface area contributed by atoms with E-state index in [2.05, 4.69) is 0 Å². The Morgan fingerprint density at radius 3 is 2.32 bits per heavy atom. The van der Waals surface area contributed by atoms with E-state index in [1.54, 1.807) is 0 Å². The molecule has 4 heteroatoms. The van der Waals surface area contributed by atoms with Crippen molar-refractivity contribution in [3.05, 3.63) is 0 Å². The van der Waals surface area contributed by atoms with Gasteiger partial charge in [0.05, 0.1) is 24.2 Å². The molecule has 0 spiro atoms. The fourth-order valence-corrected chi connectivity index (χ4v) is 5.13. The molecule has 0 aliphatic heterocycles. The third-order valence-electron chi connectivity index (χ3n) is 6.20. The molecule has 4 rings (SSSR count). The summed E-state index contributed by atoms with van der Waals surface area (Å²) in [7, 11) is 0. The van der Waals surface area contributed by atoms with Gasteiger partial charge in [0.15, 0.2) is 0 Å². The maximum atomic E-state index is 12.6. The summed E-state index contributed by atoms with van der Waals surface area (Å²) in [5.74, 6) is 1.16. The first-order chi connectivity index (χ1) is 10.3. The molecule has 4 fully saturated rings. The van der Waals surface area contributed by atoms with Gasteiger partial charge in [-0.1, -0.05) is 6.92 Å².